The normalized spacial score (nSPS) is 26.2. The van der Waals surface area contributed by atoms with Crippen LogP contribution in [0.15, 0.2) is 10.7 Å². The molecule has 0 amide bonds. The van der Waals surface area contributed by atoms with Crippen LogP contribution in [-0.4, -0.2) is 35.4 Å². The molecule has 7 heteroatoms. The molecule has 5 nitrogen and oxygen atoms in total. The zero-order chi connectivity index (χ0) is 13.4. The lowest BCUT2D eigenvalue weighted by atomic mass is 10.0. The van der Waals surface area contributed by atoms with Crippen LogP contribution in [0.5, 0.6) is 0 Å². The first-order chi connectivity index (χ1) is 8.32. The van der Waals surface area contributed by atoms with Gasteiger partial charge in [-0.1, -0.05) is 6.92 Å². The molecule has 0 radical (unpaired) electrons. The first kappa shape index (κ1) is 13.7. The molecule has 1 atom stereocenters. The molecule has 1 saturated heterocycles. The largest absolute Gasteiger partial charge is 0.364 e. The van der Waals surface area contributed by atoms with Crippen molar-refractivity contribution < 1.29 is 8.42 Å². The van der Waals surface area contributed by atoms with Crippen molar-refractivity contribution in [1.29, 1.82) is 0 Å². The molecule has 0 aromatic carbocycles. The molecular weight excluding hydrogens is 318 g/mol. The Kier molecular flexibility index (Phi) is 3.64. The van der Waals surface area contributed by atoms with Gasteiger partial charge in [0.1, 0.15) is 16.2 Å². The molecule has 1 aromatic heterocycles. The summed E-state index contributed by atoms with van der Waals surface area (Å²) in [6.45, 7) is 3.90. The Labute approximate surface area is 115 Å². The fourth-order valence-corrected chi connectivity index (χ4v) is 4.62. The van der Waals surface area contributed by atoms with Crippen LogP contribution in [0.2, 0.25) is 0 Å². The first-order valence-electron chi connectivity index (χ1n) is 5.84. The summed E-state index contributed by atoms with van der Waals surface area (Å²) in [6, 6.07) is 1.77. The standard InChI is InChI=1S/C11H16BrN3O2S/c1-3-9-13-8(12)6-10(14-9)15-11(2)4-5-18(16,17)7-11/h6H,3-5,7H2,1-2H3,(H,13,14,15). The summed E-state index contributed by atoms with van der Waals surface area (Å²) in [4.78, 5) is 8.59. The van der Waals surface area contributed by atoms with E-state index in [0.717, 1.165) is 12.2 Å². The molecular formula is C11H16BrN3O2S. The number of hydrogen-bond acceptors (Lipinski definition) is 5. The van der Waals surface area contributed by atoms with E-state index in [4.69, 9.17) is 0 Å². The van der Waals surface area contributed by atoms with Gasteiger partial charge in [-0.25, -0.2) is 18.4 Å². The number of sulfone groups is 1. The van der Waals surface area contributed by atoms with Crippen molar-refractivity contribution >= 4 is 31.6 Å². The van der Waals surface area contributed by atoms with E-state index in [1.807, 2.05) is 13.8 Å². The van der Waals surface area contributed by atoms with Crippen molar-refractivity contribution in [2.75, 3.05) is 16.8 Å². The lowest BCUT2D eigenvalue weighted by Gasteiger charge is -2.24. The number of nitrogens with one attached hydrogen (secondary N) is 1. The number of anilines is 1. The van der Waals surface area contributed by atoms with Crippen molar-refractivity contribution in [3.8, 4) is 0 Å². The second kappa shape index (κ2) is 4.77. The predicted molar refractivity (Wildman–Crippen MR) is 74.4 cm³/mol. The number of aromatic nitrogens is 2. The van der Waals surface area contributed by atoms with Crippen LogP contribution in [0.25, 0.3) is 0 Å². The molecule has 0 aliphatic carbocycles. The molecule has 18 heavy (non-hydrogen) atoms. The van der Waals surface area contributed by atoms with Gasteiger partial charge in [0.25, 0.3) is 0 Å². The maximum atomic E-state index is 11.5. The average molecular weight is 334 g/mol. The van der Waals surface area contributed by atoms with E-state index in [1.165, 1.54) is 0 Å². The highest BCUT2D eigenvalue weighted by molar-refractivity contribution is 9.10. The quantitative estimate of drug-likeness (QED) is 0.854. The summed E-state index contributed by atoms with van der Waals surface area (Å²) in [5.74, 6) is 1.80. The maximum Gasteiger partial charge on any atom is 0.152 e. The van der Waals surface area contributed by atoms with Crippen LogP contribution in [0.1, 0.15) is 26.1 Å². The fraction of sp³-hybridized carbons (Fsp3) is 0.636. The van der Waals surface area contributed by atoms with Crippen molar-refractivity contribution in [1.82, 2.24) is 9.97 Å². The van der Waals surface area contributed by atoms with Gasteiger partial charge in [-0.3, -0.25) is 0 Å². The topological polar surface area (TPSA) is 72.0 Å². The molecule has 0 bridgehead atoms. The third-order valence-electron chi connectivity index (χ3n) is 2.99. The van der Waals surface area contributed by atoms with Crippen molar-refractivity contribution in [2.24, 2.45) is 0 Å². The molecule has 1 unspecified atom stereocenters. The van der Waals surface area contributed by atoms with Crippen molar-refractivity contribution in [3.05, 3.63) is 16.5 Å². The lowest BCUT2D eigenvalue weighted by Crippen LogP contribution is -2.36. The van der Waals surface area contributed by atoms with Gasteiger partial charge in [-0.15, -0.1) is 0 Å². The Morgan fingerprint density at radius 3 is 2.78 bits per heavy atom. The smallest absolute Gasteiger partial charge is 0.152 e. The Bertz CT molecular complexity index is 561. The van der Waals surface area contributed by atoms with Gasteiger partial charge in [0.2, 0.25) is 0 Å². The molecule has 2 rings (SSSR count). The van der Waals surface area contributed by atoms with Crippen molar-refractivity contribution in [3.63, 3.8) is 0 Å². The minimum absolute atomic E-state index is 0.156. The number of hydrogen-bond donors (Lipinski definition) is 1. The molecule has 1 aliphatic heterocycles. The maximum absolute atomic E-state index is 11.5. The highest BCUT2D eigenvalue weighted by Crippen LogP contribution is 2.27. The third-order valence-corrected chi connectivity index (χ3v) is 5.30. The van der Waals surface area contributed by atoms with Crippen molar-refractivity contribution in [2.45, 2.75) is 32.2 Å². The second-order valence-corrected chi connectivity index (χ2v) is 7.87. The molecule has 0 saturated carbocycles. The zero-order valence-corrected chi connectivity index (χ0v) is 12.8. The van der Waals surface area contributed by atoms with Gasteiger partial charge >= 0.3 is 0 Å². The van der Waals surface area contributed by atoms with E-state index in [0.29, 0.717) is 16.8 Å². The predicted octanol–water partition coefficient (Wildman–Crippen LogP) is 1.79. The Morgan fingerprint density at radius 2 is 2.22 bits per heavy atom. The minimum Gasteiger partial charge on any atom is -0.364 e. The monoisotopic (exact) mass is 333 g/mol. The van der Waals surface area contributed by atoms with Gasteiger partial charge in [0.15, 0.2) is 9.84 Å². The zero-order valence-electron chi connectivity index (χ0n) is 10.4. The van der Waals surface area contributed by atoms with E-state index in [2.05, 4.69) is 31.2 Å². The van der Waals surface area contributed by atoms with Crippen LogP contribution < -0.4 is 5.32 Å². The van der Waals surface area contributed by atoms with E-state index in [-0.39, 0.29) is 11.5 Å². The van der Waals surface area contributed by atoms with Gasteiger partial charge in [0, 0.05) is 12.5 Å². The molecule has 1 aliphatic rings. The summed E-state index contributed by atoms with van der Waals surface area (Å²) in [6.07, 6.45) is 1.35. The average Bonchev–Trinajstić information content (AvgIpc) is 2.51. The highest BCUT2D eigenvalue weighted by atomic mass is 79.9. The summed E-state index contributed by atoms with van der Waals surface area (Å²) < 4.78 is 23.8. The Balaban J connectivity index is 2.22. The molecule has 1 N–H and O–H groups in total. The van der Waals surface area contributed by atoms with E-state index >= 15 is 0 Å². The summed E-state index contributed by atoms with van der Waals surface area (Å²) in [5.41, 5.74) is -0.433. The first-order valence-corrected chi connectivity index (χ1v) is 8.45. The molecule has 100 valence electrons. The minimum atomic E-state index is -2.92. The SMILES string of the molecule is CCc1nc(Br)cc(NC2(C)CCS(=O)(=O)C2)n1. The lowest BCUT2D eigenvalue weighted by molar-refractivity contribution is 0.571. The van der Waals surface area contributed by atoms with Crippen LogP contribution >= 0.6 is 15.9 Å². The van der Waals surface area contributed by atoms with Crippen LogP contribution in [0, 0.1) is 0 Å². The van der Waals surface area contributed by atoms with E-state index in [9.17, 15) is 8.42 Å². The number of halogens is 1. The summed E-state index contributed by atoms with van der Waals surface area (Å²) >= 11 is 3.33. The number of aryl methyl sites for hydroxylation is 1. The van der Waals surface area contributed by atoms with Crippen LogP contribution in [-0.2, 0) is 16.3 Å². The Hall–Kier alpha value is -0.690. The second-order valence-electron chi connectivity index (χ2n) is 4.87. The van der Waals surface area contributed by atoms with E-state index < -0.39 is 15.4 Å². The molecule has 1 aromatic rings. The van der Waals surface area contributed by atoms with Gasteiger partial charge in [-0.05, 0) is 29.3 Å². The summed E-state index contributed by atoms with van der Waals surface area (Å²) in [7, 11) is -2.92. The highest BCUT2D eigenvalue weighted by Gasteiger charge is 2.38. The van der Waals surface area contributed by atoms with E-state index in [1.54, 1.807) is 6.07 Å². The molecule has 1 fully saturated rings. The van der Waals surface area contributed by atoms with Gasteiger partial charge in [-0.2, -0.15) is 0 Å². The van der Waals surface area contributed by atoms with Gasteiger partial charge < -0.3 is 5.32 Å². The molecule has 2 heterocycles. The van der Waals surface area contributed by atoms with Gasteiger partial charge in [0.05, 0.1) is 17.0 Å². The van der Waals surface area contributed by atoms with Crippen LogP contribution in [0.4, 0.5) is 5.82 Å². The number of rotatable bonds is 3. The third kappa shape index (κ3) is 3.20. The summed E-state index contributed by atoms with van der Waals surface area (Å²) in [5, 5.41) is 3.23. The molecule has 0 spiro atoms. The number of nitrogens with zero attached hydrogens (tertiary/aromatic N) is 2. The fourth-order valence-electron chi connectivity index (χ4n) is 2.11. The Morgan fingerprint density at radius 1 is 1.50 bits per heavy atom. The van der Waals surface area contributed by atoms with Crippen LogP contribution in [0.3, 0.4) is 0 Å².